The number of amides is 1. The number of carbonyl (C=O) groups excluding carboxylic acids is 1. The molecule has 156 valence electrons. The largest absolute Gasteiger partial charge is 0.488 e. The fraction of sp³-hybridized carbons (Fsp3) is 0.154. The molecule has 3 aromatic carbocycles. The van der Waals surface area contributed by atoms with Crippen LogP contribution in [0.25, 0.3) is 6.08 Å². The second-order valence-corrected chi connectivity index (χ2v) is 7.53. The van der Waals surface area contributed by atoms with Crippen molar-refractivity contribution in [3.63, 3.8) is 0 Å². The number of hydrogen-bond donors (Lipinski definition) is 1. The summed E-state index contributed by atoms with van der Waals surface area (Å²) in [5.74, 6) is 0.0624. The number of carbonyl (C=O) groups is 1. The number of para-hydroxylation sites is 1. The zero-order chi connectivity index (χ0) is 22.2. The molecule has 1 N–H and O–H groups in total. The summed E-state index contributed by atoms with van der Waals surface area (Å²) in [4.78, 5) is 12.7. The van der Waals surface area contributed by atoms with Crippen LogP contribution < -0.4 is 10.1 Å². The van der Waals surface area contributed by atoms with Crippen LogP contribution >= 0.6 is 11.6 Å². The summed E-state index contributed by atoms with van der Waals surface area (Å²) < 4.78 is 5.95. The van der Waals surface area contributed by atoms with E-state index in [1.165, 1.54) is 11.6 Å². The molecule has 3 aromatic rings. The highest BCUT2D eigenvalue weighted by Gasteiger charge is 2.13. The van der Waals surface area contributed by atoms with Crippen molar-refractivity contribution in [1.29, 1.82) is 5.26 Å². The molecule has 0 saturated heterocycles. The highest BCUT2D eigenvalue weighted by Crippen LogP contribution is 2.27. The number of nitrogens with one attached hydrogen (secondary N) is 1. The number of halogens is 1. The van der Waals surface area contributed by atoms with E-state index in [1.54, 1.807) is 18.2 Å². The fourth-order valence-electron chi connectivity index (χ4n) is 3.05. The average molecular weight is 431 g/mol. The lowest BCUT2D eigenvalue weighted by Gasteiger charge is -2.12. The van der Waals surface area contributed by atoms with Gasteiger partial charge in [-0.3, -0.25) is 4.79 Å². The van der Waals surface area contributed by atoms with E-state index in [-0.39, 0.29) is 5.57 Å². The van der Waals surface area contributed by atoms with Crippen LogP contribution in [-0.2, 0) is 17.8 Å². The highest BCUT2D eigenvalue weighted by atomic mass is 35.5. The van der Waals surface area contributed by atoms with Crippen LogP contribution in [0.4, 0.5) is 5.69 Å². The molecule has 3 rings (SSSR count). The molecule has 4 nitrogen and oxygen atoms in total. The van der Waals surface area contributed by atoms with Crippen molar-refractivity contribution >= 4 is 29.3 Å². The van der Waals surface area contributed by atoms with Crippen LogP contribution in [0.1, 0.15) is 29.2 Å². The first-order chi connectivity index (χ1) is 15.0. The zero-order valence-corrected chi connectivity index (χ0v) is 18.2. The van der Waals surface area contributed by atoms with Crippen molar-refractivity contribution in [1.82, 2.24) is 0 Å². The Morgan fingerprint density at radius 1 is 1.13 bits per heavy atom. The van der Waals surface area contributed by atoms with Gasteiger partial charge < -0.3 is 10.1 Å². The molecular formula is C26H23ClN2O2. The number of benzene rings is 3. The van der Waals surface area contributed by atoms with Gasteiger partial charge in [-0.2, -0.15) is 5.26 Å². The van der Waals surface area contributed by atoms with Gasteiger partial charge in [0.1, 0.15) is 24.0 Å². The fourth-order valence-corrected chi connectivity index (χ4v) is 3.23. The smallest absolute Gasteiger partial charge is 0.266 e. The van der Waals surface area contributed by atoms with Crippen molar-refractivity contribution in [3.8, 4) is 11.8 Å². The van der Waals surface area contributed by atoms with Crippen LogP contribution in [0, 0.1) is 18.3 Å². The number of anilines is 1. The molecular weight excluding hydrogens is 408 g/mol. The maximum atomic E-state index is 12.7. The van der Waals surface area contributed by atoms with Crippen molar-refractivity contribution in [2.75, 3.05) is 5.32 Å². The summed E-state index contributed by atoms with van der Waals surface area (Å²) in [5.41, 5.74) is 4.41. The van der Waals surface area contributed by atoms with Gasteiger partial charge in [-0.05, 0) is 54.8 Å². The first kappa shape index (κ1) is 22.1. The van der Waals surface area contributed by atoms with Crippen molar-refractivity contribution in [2.45, 2.75) is 26.9 Å². The molecule has 0 radical (unpaired) electrons. The first-order valence-electron chi connectivity index (χ1n) is 9.99. The lowest BCUT2D eigenvalue weighted by Crippen LogP contribution is -2.14. The topological polar surface area (TPSA) is 62.1 Å². The minimum atomic E-state index is -0.479. The molecule has 0 atom stereocenters. The molecule has 0 aromatic heterocycles. The van der Waals surface area contributed by atoms with E-state index >= 15 is 0 Å². The van der Waals surface area contributed by atoms with E-state index in [9.17, 15) is 10.1 Å². The summed E-state index contributed by atoms with van der Waals surface area (Å²) in [6, 6.07) is 22.7. The molecule has 0 aliphatic rings. The highest BCUT2D eigenvalue weighted by molar-refractivity contribution is 6.30. The van der Waals surface area contributed by atoms with Gasteiger partial charge in [0.05, 0.1) is 0 Å². The molecule has 0 aliphatic heterocycles. The number of aryl methyl sites for hydroxylation is 2. The summed E-state index contributed by atoms with van der Waals surface area (Å²) in [6.45, 7) is 4.40. The van der Waals surface area contributed by atoms with Gasteiger partial charge in [0.25, 0.3) is 5.91 Å². The van der Waals surface area contributed by atoms with Gasteiger partial charge in [0.2, 0.25) is 0 Å². The van der Waals surface area contributed by atoms with Crippen LogP contribution in [-0.4, -0.2) is 5.91 Å². The molecule has 0 saturated carbocycles. The summed E-state index contributed by atoms with van der Waals surface area (Å²) in [6.07, 6.45) is 2.27. The quantitative estimate of drug-likeness (QED) is 0.351. The summed E-state index contributed by atoms with van der Waals surface area (Å²) in [5, 5.41) is 12.9. The molecule has 0 heterocycles. The number of nitriles is 1. The second-order valence-electron chi connectivity index (χ2n) is 7.09. The number of nitrogens with zero attached hydrogens (tertiary/aromatic N) is 1. The predicted octanol–water partition coefficient (Wildman–Crippen LogP) is 6.34. The predicted molar refractivity (Wildman–Crippen MR) is 125 cm³/mol. The molecule has 0 unspecified atom stereocenters. The van der Waals surface area contributed by atoms with Gasteiger partial charge in [0.15, 0.2) is 0 Å². The van der Waals surface area contributed by atoms with Gasteiger partial charge >= 0.3 is 0 Å². The Morgan fingerprint density at radius 3 is 2.58 bits per heavy atom. The monoisotopic (exact) mass is 430 g/mol. The molecule has 5 heteroatoms. The molecule has 0 spiro atoms. The normalized spacial score (nSPS) is 11.0. The maximum absolute atomic E-state index is 12.7. The van der Waals surface area contributed by atoms with Crippen LogP contribution in [0.5, 0.6) is 5.75 Å². The molecule has 1 amide bonds. The Hall–Kier alpha value is -3.55. The van der Waals surface area contributed by atoms with Crippen molar-refractivity contribution < 1.29 is 9.53 Å². The molecule has 0 aliphatic carbocycles. The van der Waals surface area contributed by atoms with Gasteiger partial charge in [0, 0.05) is 16.3 Å². The first-order valence-corrected chi connectivity index (χ1v) is 10.4. The van der Waals surface area contributed by atoms with Crippen LogP contribution in [0.2, 0.25) is 5.02 Å². The van der Waals surface area contributed by atoms with E-state index in [4.69, 9.17) is 16.3 Å². The van der Waals surface area contributed by atoms with Crippen molar-refractivity contribution in [3.05, 3.63) is 99.6 Å². The van der Waals surface area contributed by atoms with Crippen LogP contribution in [0.15, 0.2) is 72.3 Å². The zero-order valence-electron chi connectivity index (χ0n) is 17.5. The van der Waals surface area contributed by atoms with E-state index in [0.29, 0.717) is 28.6 Å². The standard InChI is InChI=1S/C26H23ClN2O2/c1-3-20-6-4-5-7-24(20)29-26(30)22(16-28)14-21-15-23(27)12-13-25(21)31-17-19-10-8-18(2)9-11-19/h4-15H,3,17H2,1-2H3,(H,29,30)/b22-14+. The number of rotatable bonds is 7. The Morgan fingerprint density at radius 2 is 1.87 bits per heavy atom. The van der Waals surface area contributed by atoms with Crippen molar-refractivity contribution in [2.24, 2.45) is 0 Å². The van der Waals surface area contributed by atoms with E-state index in [0.717, 1.165) is 17.5 Å². The maximum Gasteiger partial charge on any atom is 0.266 e. The third-order valence-corrected chi connectivity index (χ3v) is 5.03. The lowest BCUT2D eigenvalue weighted by molar-refractivity contribution is -0.112. The van der Waals surface area contributed by atoms with Gasteiger partial charge in [-0.25, -0.2) is 0 Å². The van der Waals surface area contributed by atoms with Crippen LogP contribution in [0.3, 0.4) is 0 Å². The summed E-state index contributed by atoms with van der Waals surface area (Å²) in [7, 11) is 0. The van der Waals surface area contributed by atoms with Gasteiger partial charge in [-0.15, -0.1) is 0 Å². The third kappa shape index (κ3) is 5.97. The SMILES string of the molecule is CCc1ccccc1NC(=O)/C(C#N)=C/c1cc(Cl)ccc1OCc1ccc(C)cc1. The number of ether oxygens (including phenoxy) is 1. The third-order valence-electron chi connectivity index (χ3n) is 4.80. The minimum absolute atomic E-state index is 0.0339. The number of hydrogen-bond acceptors (Lipinski definition) is 3. The average Bonchev–Trinajstić information content (AvgIpc) is 2.78. The Kier molecular flexibility index (Phi) is 7.48. The molecule has 0 bridgehead atoms. The van der Waals surface area contributed by atoms with Gasteiger partial charge in [-0.1, -0.05) is 66.6 Å². The lowest BCUT2D eigenvalue weighted by atomic mass is 10.1. The Bertz CT molecular complexity index is 1140. The Balaban J connectivity index is 1.84. The minimum Gasteiger partial charge on any atom is -0.488 e. The molecule has 31 heavy (non-hydrogen) atoms. The van der Waals surface area contributed by atoms with E-state index < -0.39 is 5.91 Å². The Labute approximate surface area is 187 Å². The summed E-state index contributed by atoms with van der Waals surface area (Å²) >= 11 is 6.16. The molecule has 0 fully saturated rings. The van der Waals surface area contributed by atoms with E-state index in [1.807, 2.05) is 68.4 Å². The second kappa shape index (κ2) is 10.5. The van der Waals surface area contributed by atoms with E-state index in [2.05, 4.69) is 5.32 Å².